The second kappa shape index (κ2) is 5.47. The van der Waals surface area contributed by atoms with Gasteiger partial charge in [0.05, 0.1) is 16.7 Å². The molecule has 1 aromatic carbocycles. The molecule has 0 amide bonds. The van der Waals surface area contributed by atoms with E-state index in [1.54, 1.807) is 0 Å². The van der Waals surface area contributed by atoms with Crippen molar-refractivity contribution in [3.8, 4) is 5.75 Å². The van der Waals surface area contributed by atoms with Gasteiger partial charge in [-0.25, -0.2) is 0 Å². The lowest BCUT2D eigenvalue weighted by atomic mass is 9.84. The molecule has 1 heterocycles. The van der Waals surface area contributed by atoms with Gasteiger partial charge in [0.2, 0.25) is 0 Å². The summed E-state index contributed by atoms with van der Waals surface area (Å²) in [4.78, 5) is 0. The van der Waals surface area contributed by atoms with Crippen molar-refractivity contribution < 1.29 is 4.74 Å². The molecule has 2 N–H and O–H groups in total. The number of benzene rings is 1. The van der Waals surface area contributed by atoms with Crippen molar-refractivity contribution in [1.82, 2.24) is 0 Å². The van der Waals surface area contributed by atoms with E-state index >= 15 is 0 Å². The van der Waals surface area contributed by atoms with Gasteiger partial charge in [-0.2, -0.15) is 0 Å². The minimum Gasteiger partial charge on any atom is -0.493 e. The number of rotatable bonds is 2. The highest BCUT2D eigenvalue weighted by Crippen LogP contribution is 2.41. The lowest BCUT2D eigenvalue weighted by Gasteiger charge is -2.22. The number of hydrogen-bond donors (Lipinski definition) is 1. The summed E-state index contributed by atoms with van der Waals surface area (Å²) in [5.41, 5.74) is 6.93. The van der Waals surface area contributed by atoms with Crippen molar-refractivity contribution in [1.29, 1.82) is 0 Å². The normalized spacial score (nSPS) is 21.3. The zero-order chi connectivity index (χ0) is 12.4. The Balaban J connectivity index is 2.44. The highest BCUT2D eigenvalue weighted by atomic mass is 35.5. The summed E-state index contributed by atoms with van der Waals surface area (Å²) in [5, 5.41) is 1.14. The third-order valence-corrected chi connectivity index (χ3v) is 4.15. The molecule has 0 saturated carbocycles. The van der Waals surface area contributed by atoms with E-state index in [1.807, 2.05) is 12.1 Å². The van der Waals surface area contributed by atoms with E-state index < -0.39 is 0 Å². The lowest BCUT2D eigenvalue weighted by Crippen LogP contribution is -2.19. The van der Waals surface area contributed by atoms with Crippen LogP contribution in [0.15, 0.2) is 12.1 Å². The molecule has 4 heteroatoms. The summed E-state index contributed by atoms with van der Waals surface area (Å²) in [5.74, 6) is 1.70. The number of hydrogen-bond acceptors (Lipinski definition) is 2. The topological polar surface area (TPSA) is 35.2 Å². The van der Waals surface area contributed by atoms with E-state index in [9.17, 15) is 0 Å². The maximum atomic E-state index is 6.09. The molecule has 0 saturated heterocycles. The van der Waals surface area contributed by atoms with Gasteiger partial charge in [-0.15, -0.1) is 0 Å². The first-order valence-corrected chi connectivity index (χ1v) is 6.71. The van der Waals surface area contributed by atoms with Crippen LogP contribution in [0.3, 0.4) is 0 Å². The van der Waals surface area contributed by atoms with Crippen LogP contribution in [0.2, 0.25) is 10.0 Å². The summed E-state index contributed by atoms with van der Waals surface area (Å²) in [6.07, 6.45) is 2.13. The highest BCUT2D eigenvalue weighted by molar-refractivity contribution is 6.42. The van der Waals surface area contributed by atoms with Gasteiger partial charge in [0.25, 0.3) is 0 Å². The molecule has 0 bridgehead atoms. The van der Waals surface area contributed by atoms with E-state index in [0.717, 1.165) is 30.8 Å². The van der Waals surface area contributed by atoms with Gasteiger partial charge >= 0.3 is 0 Å². The molecule has 0 aromatic heterocycles. The van der Waals surface area contributed by atoms with Crippen LogP contribution in [0.25, 0.3) is 0 Å². The van der Waals surface area contributed by atoms with Crippen molar-refractivity contribution in [2.24, 2.45) is 11.7 Å². The Bertz CT molecular complexity index is 409. The van der Waals surface area contributed by atoms with E-state index in [2.05, 4.69) is 6.92 Å². The number of fused-ring (bicyclic) bond motifs is 1. The van der Waals surface area contributed by atoms with Gasteiger partial charge in [-0.05, 0) is 42.9 Å². The van der Waals surface area contributed by atoms with Crippen LogP contribution in [-0.2, 0) is 0 Å². The summed E-state index contributed by atoms with van der Waals surface area (Å²) in [6.45, 7) is 3.57. The zero-order valence-electron chi connectivity index (χ0n) is 9.88. The van der Waals surface area contributed by atoms with Crippen molar-refractivity contribution in [3.63, 3.8) is 0 Å². The second-order valence-electron chi connectivity index (χ2n) is 4.61. The van der Waals surface area contributed by atoms with Crippen LogP contribution in [0.4, 0.5) is 0 Å². The third-order valence-electron chi connectivity index (χ3n) is 3.43. The van der Waals surface area contributed by atoms with E-state index in [-0.39, 0.29) is 0 Å². The van der Waals surface area contributed by atoms with Crippen LogP contribution in [-0.4, -0.2) is 13.2 Å². The molecule has 2 atom stereocenters. The summed E-state index contributed by atoms with van der Waals surface area (Å²) < 4.78 is 5.73. The second-order valence-corrected chi connectivity index (χ2v) is 5.43. The van der Waals surface area contributed by atoms with Gasteiger partial charge in [0.1, 0.15) is 5.75 Å². The highest BCUT2D eigenvalue weighted by Gasteiger charge is 2.25. The first-order chi connectivity index (χ1) is 8.13. The Morgan fingerprint density at radius 1 is 1.41 bits per heavy atom. The molecular formula is C13H17Cl2NO. The average molecular weight is 274 g/mol. The monoisotopic (exact) mass is 273 g/mol. The summed E-state index contributed by atoms with van der Waals surface area (Å²) >= 11 is 12.1. The standard InChI is InChI=1S/C13H17Cl2NO/c1-8(7-16)9-3-2-4-17-13-6-12(15)11(14)5-10(9)13/h5-6,8-9H,2-4,7,16H2,1H3. The molecule has 0 aliphatic carbocycles. The molecule has 1 aliphatic heterocycles. The lowest BCUT2D eigenvalue weighted by molar-refractivity contribution is 0.314. The Hall–Kier alpha value is -0.440. The van der Waals surface area contributed by atoms with Crippen LogP contribution in [0, 0.1) is 5.92 Å². The van der Waals surface area contributed by atoms with Gasteiger partial charge in [-0.3, -0.25) is 0 Å². The Labute approximate surface area is 112 Å². The fourth-order valence-electron chi connectivity index (χ4n) is 2.35. The van der Waals surface area contributed by atoms with Gasteiger partial charge in [0, 0.05) is 6.07 Å². The predicted molar refractivity (Wildman–Crippen MR) is 72.2 cm³/mol. The molecular weight excluding hydrogens is 257 g/mol. The molecule has 1 aliphatic rings. The summed E-state index contributed by atoms with van der Waals surface area (Å²) in [6, 6.07) is 3.75. The molecule has 94 valence electrons. The predicted octanol–water partition coefficient (Wildman–Crippen LogP) is 3.84. The Morgan fingerprint density at radius 2 is 2.12 bits per heavy atom. The number of nitrogens with two attached hydrogens (primary N) is 1. The van der Waals surface area contributed by atoms with Crippen LogP contribution < -0.4 is 10.5 Å². The minimum absolute atomic E-state index is 0.410. The first kappa shape index (κ1) is 13.0. The maximum Gasteiger partial charge on any atom is 0.124 e. The van der Waals surface area contributed by atoms with E-state index in [4.69, 9.17) is 33.7 Å². The van der Waals surface area contributed by atoms with Gasteiger partial charge < -0.3 is 10.5 Å². The zero-order valence-corrected chi connectivity index (χ0v) is 11.4. The molecule has 0 radical (unpaired) electrons. The van der Waals surface area contributed by atoms with Gasteiger partial charge in [0.15, 0.2) is 0 Å². The van der Waals surface area contributed by atoms with Crippen molar-refractivity contribution >= 4 is 23.2 Å². The quantitative estimate of drug-likeness (QED) is 0.889. The molecule has 0 fully saturated rings. The Morgan fingerprint density at radius 3 is 2.82 bits per heavy atom. The van der Waals surface area contributed by atoms with Crippen LogP contribution in [0.1, 0.15) is 31.2 Å². The van der Waals surface area contributed by atoms with Crippen molar-refractivity contribution in [2.75, 3.05) is 13.2 Å². The fourth-order valence-corrected chi connectivity index (χ4v) is 2.68. The molecule has 2 nitrogen and oxygen atoms in total. The SMILES string of the molecule is CC(CN)C1CCCOc2cc(Cl)c(Cl)cc21. The number of halogens is 2. The van der Waals surface area contributed by atoms with Crippen molar-refractivity contribution in [3.05, 3.63) is 27.7 Å². The van der Waals surface area contributed by atoms with E-state index in [0.29, 0.717) is 28.4 Å². The number of ether oxygens (including phenoxy) is 1. The Kier molecular flexibility index (Phi) is 4.18. The fraction of sp³-hybridized carbons (Fsp3) is 0.538. The average Bonchev–Trinajstić information content (AvgIpc) is 2.51. The molecule has 17 heavy (non-hydrogen) atoms. The molecule has 2 unspecified atom stereocenters. The molecule has 0 spiro atoms. The van der Waals surface area contributed by atoms with Gasteiger partial charge in [-0.1, -0.05) is 30.1 Å². The largest absolute Gasteiger partial charge is 0.493 e. The maximum absolute atomic E-state index is 6.09. The summed E-state index contributed by atoms with van der Waals surface area (Å²) in [7, 11) is 0. The van der Waals surface area contributed by atoms with Crippen LogP contribution >= 0.6 is 23.2 Å². The van der Waals surface area contributed by atoms with Crippen molar-refractivity contribution in [2.45, 2.75) is 25.7 Å². The third kappa shape index (κ3) is 2.70. The van der Waals surface area contributed by atoms with E-state index in [1.165, 1.54) is 0 Å². The first-order valence-electron chi connectivity index (χ1n) is 5.95. The minimum atomic E-state index is 0.410. The van der Waals surface area contributed by atoms with Crippen LogP contribution in [0.5, 0.6) is 5.75 Å². The molecule has 1 aromatic rings. The molecule has 2 rings (SSSR count). The smallest absolute Gasteiger partial charge is 0.124 e.